The van der Waals surface area contributed by atoms with Crippen molar-refractivity contribution in [1.29, 1.82) is 0 Å². The lowest BCUT2D eigenvalue weighted by atomic mass is 10.0. The molecule has 29 heavy (non-hydrogen) atoms. The maximum Gasteiger partial charge on any atom is 0.0892 e. The van der Waals surface area contributed by atoms with Crippen LogP contribution in [0.3, 0.4) is 0 Å². The van der Waals surface area contributed by atoms with Gasteiger partial charge in [-0.1, -0.05) is 117 Å². The summed E-state index contributed by atoms with van der Waals surface area (Å²) in [4.78, 5) is 5.02. The fraction of sp³-hybridized carbons (Fsp3) is 0.926. The zero-order chi connectivity index (χ0) is 21.2. The molecule has 1 aliphatic heterocycles. The first kappa shape index (κ1) is 26.4. The van der Waals surface area contributed by atoms with Crippen molar-refractivity contribution < 1.29 is 0 Å². The summed E-state index contributed by atoms with van der Waals surface area (Å²) in [5.74, 6) is 0. The highest BCUT2D eigenvalue weighted by molar-refractivity contribution is 5.16. The van der Waals surface area contributed by atoms with E-state index in [1.165, 1.54) is 128 Å². The van der Waals surface area contributed by atoms with Crippen LogP contribution in [0.1, 0.15) is 142 Å². The average molecular weight is 407 g/mol. The molecule has 0 saturated carbocycles. The Labute approximate surface area is 184 Å². The Hall–Kier alpha value is -0.660. The average Bonchev–Trinajstić information content (AvgIpc) is 2.98. The highest BCUT2D eigenvalue weighted by atomic mass is 15.3. The quantitative estimate of drug-likeness (QED) is 0.186. The molecule has 0 spiro atoms. The van der Waals surface area contributed by atoms with Gasteiger partial charge >= 0.3 is 0 Å². The van der Waals surface area contributed by atoms with Gasteiger partial charge in [0.05, 0.1) is 6.67 Å². The molecule has 0 aromatic carbocycles. The van der Waals surface area contributed by atoms with Crippen LogP contribution in [0.2, 0.25) is 0 Å². The third kappa shape index (κ3) is 12.6. The smallest absolute Gasteiger partial charge is 0.0892 e. The molecule has 1 heterocycles. The van der Waals surface area contributed by atoms with Gasteiger partial charge in [0.25, 0.3) is 0 Å². The largest absolute Gasteiger partial charge is 0.359 e. The van der Waals surface area contributed by atoms with Gasteiger partial charge in [-0.25, -0.2) is 0 Å². The maximum atomic E-state index is 2.51. The van der Waals surface area contributed by atoms with E-state index in [1.54, 1.807) is 11.4 Å². The van der Waals surface area contributed by atoms with E-state index in [4.69, 9.17) is 0 Å². The standard InChI is InChI=1S/C27H54N2/c1-5-7-9-11-13-15-17-19-21-23-26-27(29(4)25-28(26)3)24-22-20-18-16-14-12-10-8-6-2/h5-25H2,1-4H3. The molecule has 0 radical (unpaired) electrons. The first-order valence-electron chi connectivity index (χ1n) is 13.3. The topological polar surface area (TPSA) is 6.48 Å². The van der Waals surface area contributed by atoms with Crippen LogP contribution in [0.4, 0.5) is 0 Å². The zero-order valence-corrected chi connectivity index (χ0v) is 20.7. The molecule has 1 rings (SSSR count). The van der Waals surface area contributed by atoms with Gasteiger partial charge in [0, 0.05) is 25.5 Å². The monoisotopic (exact) mass is 406 g/mol. The van der Waals surface area contributed by atoms with Crippen LogP contribution in [0.15, 0.2) is 11.4 Å². The number of hydrogen-bond acceptors (Lipinski definition) is 2. The number of unbranched alkanes of at least 4 members (excludes halogenated alkanes) is 16. The fourth-order valence-electron chi connectivity index (χ4n) is 4.81. The lowest BCUT2D eigenvalue weighted by Crippen LogP contribution is -2.21. The number of allylic oxidation sites excluding steroid dienone is 2. The van der Waals surface area contributed by atoms with Crippen LogP contribution in [0, 0.1) is 0 Å². The van der Waals surface area contributed by atoms with Crippen molar-refractivity contribution in [3.8, 4) is 0 Å². The summed E-state index contributed by atoms with van der Waals surface area (Å²) in [6.45, 7) is 5.70. The molecule has 0 unspecified atom stereocenters. The minimum Gasteiger partial charge on any atom is -0.359 e. The molecule has 0 amide bonds. The van der Waals surface area contributed by atoms with Gasteiger partial charge in [0.1, 0.15) is 0 Å². The lowest BCUT2D eigenvalue weighted by Gasteiger charge is -2.16. The predicted molar refractivity (Wildman–Crippen MR) is 131 cm³/mol. The van der Waals surface area contributed by atoms with Gasteiger partial charge in [-0.15, -0.1) is 0 Å². The summed E-state index contributed by atoms with van der Waals surface area (Å²) in [7, 11) is 4.59. The Morgan fingerprint density at radius 3 is 1.03 bits per heavy atom. The van der Waals surface area contributed by atoms with Crippen LogP contribution in [-0.4, -0.2) is 30.6 Å². The van der Waals surface area contributed by atoms with Gasteiger partial charge in [-0.05, 0) is 25.7 Å². The van der Waals surface area contributed by atoms with Crippen molar-refractivity contribution in [2.24, 2.45) is 0 Å². The second kappa shape index (κ2) is 18.1. The normalized spacial score (nSPS) is 14.5. The van der Waals surface area contributed by atoms with Crippen LogP contribution in [0.25, 0.3) is 0 Å². The van der Waals surface area contributed by atoms with E-state index in [1.807, 2.05) is 0 Å². The Bertz CT molecular complexity index is 365. The highest BCUT2D eigenvalue weighted by Crippen LogP contribution is 2.29. The second-order valence-corrected chi connectivity index (χ2v) is 9.59. The predicted octanol–water partition coefficient (Wildman–Crippen LogP) is 8.87. The Balaban J connectivity index is 2.14. The maximum absolute atomic E-state index is 2.51. The molecular weight excluding hydrogens is 352 g/mol. The Morgan fingerprint density at radius 2 is 0.724 bits per heavy atom. The van der Waals surface area contributed by atoms with Crippen molar-refractivity contribution in [2.75, 3.05) is 20.8 Å². The Morgan fingerprint density at radius 1 is 0.448 bits per heavy atom. The van der Waals surface area contributed by atoms with Crippen molar-refractivity contribution >= 4 is 0 Å². The van der Waals surface area contributed by atoms with Crippen molar-refractivity contribution in [3.63, 3.8) is 0 Å². The molecule has 0 bridgehead atoms. The van der Waals surface area contributed by atoms with E-state index in [2.05, 4.69) is 37.7 Å². The molecule has 0 atom stereocenters. The molecular formula is C27H54N2. The molecule has 2 nitrogen and oxygen atoms in total. The minimum absolute atomic E-state index is 1.10. The second-order valence-electron chi connectivity index (χ2n) is 9.59. The zero-order valence-electron chi connectivity index (χ0n) is 20.7. The van der Waals surface area contributed by atoms with Gasteiger partial charge in [0.15, 0.2) is 0 Å². The van der Waals surface area contributed by atoms with E-state index < -0.39 is 0 Å². The van der Waals surface area contributed by atoms with Crippen LogP contribution < -0.4 is 0 Å². The van der Waals surface area contributed by atoms with Crippen molar-refractivity contribution in [1.82, 2.24) is 9.80 Å². The number of hydrogen-bond donors (Lipinski definition) is 0. The van der Waals surface area contributed by atoms with Crippen molar-refractivity contribution in [3.05, 3.63) is 11.4 Å². The Kier molecular flexibility index (Phi) is 16.5. The summed E-state index contributed by atoms with van der Waals surface area (Å²) in [6, 6.07) is 0. The summed E-state index contributed by atoms with van der Waals surface area (Å²) in [5, 5.41) is 0. The lowest BCUT2D eigenvalue weighted by molar-refractivity contribution is 0.308. The molecule has 0 N–H and O–H groups in total. The van der Waals surface area contributed by atoms with E-state index in [-0.39, 0.29) is 0 Å². The van der Waals surface area contributed by atoms with Gasteiger partial charge in [-0.2, -0.15) is 0 Å². The summed E-state index contributed by atoms with van der Waals surface area (Å²) >= 11 is 0. The van der Waals surface area contributed by atoms with E-state index in [0.29, 0.717) is 0 Å². The molecule has 172 valence electrons. The number of nitrogens with zero attached hydrogens (tertiary/aromatic N) is 2. The highest BCUT2D eigenvalue weighted by Gasteiger charge is 2.22. The number of rotatable bonds is 20. The first-order valence-corrected chi connectivity index (χ1v) is 13.3. The van der Waals surface area contributed by atoms with Crippen LogP contribution >= 0.6 is 0 Å². The molecule has 0 aliphatic carbocycles. The molecule has 0 aromatic rings. The minimum atomic E-state index is 1.10. The molecule has 2 heteroatoms. The third-order valence-electron chi connectivity index (χ3n) is 6.71. The SMILES string of the molecule is CCCCCCCCCCCC1=C(CCCCCCCCCCC)N(C)CN1C. The van der Waals surface area contributed by atoms with E-state index in [9.17, 15) is 0 Å². The molecule has 0 fully saturated rings. The molecule has 0 saturated heterocycles. The fourth-order valence-corrected chi connectivity index (χ4v) is 4.81. The van der Waals surface area contributed by atoms with Gasteiger partial charge in [0.2, 0.25) is 0 Å². The summed E-state index contributed by atoms with van der Waals surface area (Å²) in [6.07, 6.45) is 28.2. The summed E-state index contributed by atoms with van der Waals surface area (Å²) in [5.41, 5.74) is 3.30. The molecule has 0 aromatic heterocycles. The molecule has 1 aliphatic rings. The van der Waals surface area contributed by atoms with Gasteiger partial charge in [-0.3, -0.25) is 0 Å². The van der Waals surface area contributed by atoms with Crippen LogP contribution in [0.5, 0.6) is 0 Å². The van der Waals surface area contributed by atoms with E-state index in [0.717, 1.165) is 6.67 Å². The van der Waals surface area contributed by atoms with Crippen molar-refractivity contribution in [2.45, 2.75) is 142 Å². The first-order chi connectivity index (χ1) is 14.2. The van der Waals surface area contributed by atoms with E-state index >= 15 is 0 Å². The van der Waals surface area contributed by atoms with Crippen LogP contribution in [-0.2, 0) is 0 Å². The van der Waals surface area contributed by atoms with Gasteiger partial charge < -0.3 is 9.80 Å². The third-order valence-corrected chi connectivity index (χ3v) is 6.71. The summed E-state index contributed by atoms with van der Waals surface area (Å²) < 4.78 is 0.